The van der Waals surface area contributed by atoms with Crippen LogP contribution in [0.25, 0.3) is 0 Å². The molecule has 0 saturated heterocycles. The van der Waals surface area contributed by atoms with Crippen molar-refractivity contribution < 1.29 is 14.6 Å². The van der Waals surface area contributed by atoms with Crippen LogP contribution in [0.5, 0.6) is 11.5 Å². The Kier molecular flexibility index (Phi) is 4.16. The number of ether oxygens (including phenoxy) is 1. The molecule has 3 nitrogen and oxygen atoms in total. The van der Waals surface area contributed by atoms with Gasteiger partial charge in [0.05, 0.1) is 5.41 Å². The molecule has 0 radical (unpaired) electrons. The van der Waals surface area contributed by atoms with Crippen LogP contribution in [-0.4, -0.2) is 11.1 Å². The first kappa shape index (κ1) is 13.6. The van der Waals surface area contributed by atoms with Crippen LogP contribution in [0.2, 0.25) is 0 Å². The molecule has 0 amide bonds. The minimum Gasteiger partial charge on any atom is -0.508 e. The van der Waals surface area contributed by atoms with E-state index in [0.717, 1.165) is 12.8 Å². The van der Waals surface area contributed by atoms with Gasteiger partial charge in [-0.2, -0.15) is 0 Å². The molecule has 0 fully saturated rings. The fourth-order valence-corrected chi connectivity index (χ4v) is 1.46. The Labute approximate surface area is 102 Å². The molecule has 0 aliphatic heterocycles. The highest BCUT2D eigenvalue weighted by Gasteiger charge is 2.31. The molecule has 0 aromatic heterocycles. The molecule has 0 aliphatic carbocycles. The third-order valence-electron chi connectivity index (χ3n) is 3.43. The predicted molar refractivity (Wildman–Crippen MR) is 67.2 cm³/mol. The second-order valence-corrected chi connectivity index (χ2v) is 4.61. The summed E-state index contributed by atoms with van der Waals surface area (Å²) in [5.41, 5.74) is 0.260. The lowest BCUT2D eigenvalue weighted by molar-refractivity contribution is -0.145. The summed E-state index contributed by atoms with van der Waals surface area (Å²) in [6.45, 7) is 7.63. The number of hydrogen-bond acceptors (Lipinski definition) is 3. The maximum atomic E-state index is 12.0. The predicted octanol–water partition coefficient (Wildman–Crippen LogP) is 3.43. The van der Waals surface area contributed by atoms with Gasteiger partial charge in [0.25, 0.3) is 0 Å². The van der Waals surface area contributed by atoms with Crippen LogP contribution >= 0.6 is 0 Å². The molecule has 0 atom stereocenters. The fourth-order valence-electron chi connectivity index (χ4n) is 1.46. The second-order valence-electron chi connectivity index (χ2n) is 4.61. The minimum atomic E-state index is -0.439. The zero-order valence-electron chi connectivity index (χ0n) is 10.9. The van der Waals surface area contributed by atoms with Gasteiger partial charge in [0.2, 0.25) is 0 Å². The van der Waals surface area contributed by atoms with Crippen molar-refractivity contribution in [3.8, 4) is 11.5 Å². The number of phenols is 1. The number of carbonyl (C=O) groups is 1. The largest absolute Gasteiger partial charge is 0.508 e. The van der Waals surface area contributed by atoms with E-state index in [1.54, 1.807) is 19.1 Å². The van der Waals surface area contributed by atoms with Gasteiger partial charge in [-0.3, -0.25) is 4.79 Å². The van der Waals surface area contributed by atoms with Crippen molar-refractivity contribution in [1.29, 1.82) is 0 Å². The summed E-state index contributed by atoms with van der Waals surface area (Å²) in [5.74, 6) is 0.476. The molecule has 0 heterocycles. The Bertz CT molecular complexity index is 406. The number of benzene rings is 1. The number of carbonyl (C=O) groups excluding carboxylic acids is 1. The Morgan fingerprint density at radius 2 is 1.94 bits per heavy atom. The smallest absolute Gasteiger partial charge is 0.317 e. The third-order valence-corrected chi connectivity index (χ3v) is 3.43. The maximum absolute atomic E-state index is 12.0. The SMILES string of the molecule is CCC(C)(CC)C(=O)Oc1ccc(O)c(C)c1. The van der Waals surface area contributed by atoms with E-state index in [0.29, 0.717) is 11.3 Å². The highest BCUT2D eigenvalue weighted by atomic mass is 16.5. The molecule has 0 bridgehead atoms. The van der Waals surface area contributed by atoms with Crippen molar-refractivity contribution in [2.45, 2.75) is 40.5 Å². The first-order valence-electron chi connectivity index (χ1n) is 5.95. The Hall–Kier alpha value is -1.51. The van der Waals surface area contributed by atoms with Crippen LogP contribution in [-0.2, 0) is 4.79 Å². The van der Waals surface area contributed by atoms with Crippen molar-refractivity contribution in [3.63, 3.8) is 0 Å². The molecule has 0 aliphatic rings. The molecule has 1 rings (SSSR count). The van der Waals surface area contributed by atoms with Gasteiger partial charge in [0.15, 0.2) is 0 Å². The average Bonchev–Trinajstić information content (AvgIpc) is 2.32. The van der Waals surface area contributed by atoms with Gasteiger partial charge in [0.1, 0.15) is 11.5 Å². The van der Waals surface area contributed by atoms with Gasteiger partial charge in [0, 0.05) is 0 Å². The molecular formula is C14H20O3. The van der Waals surface area contributed by atoms with Gasteiger partial charge in [-0.05, 0) is 50.5 Å². The molecule has 1 aromatic rings. The van der Waals surface area contributed by atoms with Crippen LogP contribution < -0.4 is 4.74 Å². The zero-order chi connectivity index (χ0) is 13.1. The van der Waals surface area contributed by atoms with Crippen molar-refractivity contribution in [3.05, 3.63) is 23.8 Å². The topological polar surface area (TPSA) is 46.5 Å². The van der Waals surface area contributed by atoms with Gasteiger partial charge < -0.3 is 9.84 Å². The molecule has 1 N–H and O–H groups in total. The Balaban J connectivity index is 2.84. The van der Waals surface area contributed by atoms with Gasteiger partial charge in [-0.15, -0.1) is 0 Å². The lowest BCUT2D eigenvalue weighted by atomic mass is 9.85. The molecule has 0 saturated carbocycles. The minimum absolute atomic E-state index is 0.207. The van der Waals surface area contributed by atoms with E-state index in [1.165, 1.54) is 6.07 Å². The van der Waals surface area contributed by atoms with Crippen LogP contribution in [0.3, 0.4) is 0 Å². The van der Waals surface area contributed by atoms with Crippen molar-refractivity contribution >= 4 is 5.97 Å². The first-order valence-corrected chi connectivity index (χ1v) is 5.95. The number of phenolic OH excluding ortho intramolecular Hbond substituents is 1. The zero-order valence-corrected chi connectivity index (χ0v) is 10.9. The second kappa shape index (κ2) is 5.21. The average molecular weight is 236 g/mol. The van der Waals surface area contributed by atoms with Crippen LogP contribution in [0, 0.1) is 12.3 Å². The van der Waals surface area contributed by atoms with Crippen molar-refractivity contribution in [2.75, 3.05) is 0 Å². The summed E-state index contributed by atoms with van der Waals surface area (Å²) in [6, 6.07) is 4.80. The maximum Gasteiger partial charge on any atom is 0.317 e. The monoisotopic (exact) mass is 236 g/mol. The number of aryl methyl sites for hydroxylation is 1. The Morgan fingerprint density at radius 1 is 1.35 bits per heavy atom. The summed E-state index contributed by atoms with van der Waals surface area (Å²) in [4.78, 5) is 12.0. The number of hydrogen-bond donors (Lipinski definition) is 1. The fraction of sp³-hybridized carbons (Fsp3) is 0.500. The first-order chi connectivity index (χ1) is 7.92. The lowest BCUT2D eigenvalue weighted by Gasteiger charge is -2.23. The molecule has 3 heteroatoms. The van der Waals surface area contributed by atoms with Crippen LogP contribution in [0.1, 0.15) is 39.2 Å². The highest BCUT2D eigenvalue weighted by molar-refractivity contribution is 5.78. The van der Waals surface area contributed by atoms with Gasteiger partial charge >= 0.3 is 5.97 Å². The quantitative estimate of drug-likeness (QED) is 0.643. The molecule has 0 unspecified atom stereocenters. The van der Waals surface area contributed by atoms with Crippen molar-refractivity contribution in [1.82, 2.24) is 0 Å². The van der Waals surface area contributed by atoms with Gasteiger partial charge in [-0.25, -0.2) is 0 Å². The van der Waals surface area contributed by atoms with Crippen molar-refractivity contribution in [2.24, 2.45) is 5.41 Å². The van der Waals surface area contributed by atoms with E-state index < -0.39 is 5.41 Å². The number of aromatic hydroxyl groups is 1. The van der Waals surface area contributed by atoms with E-state index >= 15 is 0 Å². The molecule has 1 aromatic carbocycles. The van der Waals surface area contributed by atoms with E-state index in [9.17, 15) is 9.90 Å². The Morgan fingerprint density at radius 3 is 2.41 bits per heavy atom. The van der Waals surface area contributed by atoms with E-state index in [1.807, 2.05) is 20.8 Å². The van der Waals surface area contributed by atoms with E-state index in [-0.39, 0.29) is 11.7 Å². The summed E-state index contributed by atoms with van der Waals surface area (Å²) in [5, 5.41) is 9.39. The van der Waals surface area contributed by atoms with E-state index in [2.05, 4.69) is 0 Å². The molecule has 17 heavy (non-hydrogen) atoms. The summed E-state index contributed by atoms with van der Waals surface area (Å²) >= 11 is 0. The number of rotatable bonds is 4. The van der Waals surface area contributed by atoms with Gasteiger partial charge in [-0.1, -0.05) is 13.8 Å². The van der Waals surface area contributed by atoms with Crippen LogP contribution in [0.15, 0.2) is 18.2 Å². The highest BCUT2D eigenvalue weighted by Crippen LogP contribution is 2.29. The summed E-state index contributed by atoms with van der Waals surface area (Å²) in [6.07, 6.45) is 1.50. The summed E-state index contributed by atoms with van der Waals surface area (Å²) < 4.78 is 5.35. The third kappa shape index (κ3) is 2.99. The molecule has 94 valence electrons. The molecule has 0 spiro atoms. The van der Waals surface area contributed by atoms with Crippen LogP contribution in [0.4, 0.5) is 0 Å². The number of esters is 1. The summed E-state index contributed by atoms with van der Waals surface area (Å²) in [7, 11) is 0. The lowest BCUT2D eigenvalue weighted by Crippen LogP contribution is -2.30. The standard InChI is InChI=1S/C14H20O3/c1-5-14(4,6-2)13(16)17-11-7-8-12(15)10(3)9-11/h7-9,15H,5-6H2,1-4H3. The van der Waals surface area contributed by atoms with E-state index in [4.69, 9.17) is 4.74 Å². The molecular weight excluding hydrogens is 216 g/mol. The normalized spacial score (nSPS) is 11.3.